The summed E-state index contributed by atoms with van der Waals surface area (Å²) in [7, 11) is 0. The molecular formula is C9H11ClN4O. The first-order chi connectivity index (χ1) is 7.24. The predicted octanol–water partition coefficient (Wildman–Crippen LogP) is 0.765. The van der Waals surface area contributed by atoms with Crippen molar-refractivity contribution in [3.05, 3.63) is 29.4 Å². The average Bonchev–Trinajstić information content (AvgIpc) is 2.57. The molecule has 0 fully saturated rings. The van der Waals surface area contributed by atoms with Gasteiger partial charge in [0.05, 0.1) is 11.7 Å². The second-order valence-electron chi connectivity index (χ2n) is 3.22. The van der Waals surface area contributed by atoms with Crippen LogP contribution in [0.1, 0.15) is 18.2 Å². The highest BCUT2D eigenvalue weighted by molar-refractivity contribution is 6.30. The van der Waals surface area contributed by atoms with E-state index in [0.29, 0.717) is 22.9 Å². The van der Waals surface area contributed by atoms with E-state index in [1.54, 1.807) is 23.0 Å². The highest BCUT2D eigenvalue weighted by Crippen LogP contribution is 2.23. The van der Waals surface area contributed by atoms with E-state index in [4.69, 9.17) is 22.4 Å². The molecule has 1 unspecified atom stereocenters. The molecule has 6 heteroatoms. The van der Waals surface area contributed by atoms with Crippen molar-refractivity contribution in [3.8, 4) is 0 Å². The summed E-state index contributed by atoms with van der Waals surface area (Å²) in [6, 6.07) is 1.41. The minimum atomic E-state index is -0.345. The maximum Gasteiger partial charge on any atom is 0.141 e. The van der Waals surface area contributed by atoms with E-state index in [2.05, 4.69) is 9.97 Å². The molecule has 2 aromatic rings. The number of hydrogen-bond acceptors (Lipinski definition) is 4. The van der Waals surface area contributed by atoms with Crippen LogP contribution in [0, 0.1) is 0 Å². The summed E-state index contributed by atoms with van der Waals surface area (Å²) in [6.45, 7) is 0.0175. The largest absolute Gasteiger partial charge is 0.396 e. The number of nitrogens with zero attached hydrogens (tertiary/aromatic N) is 3. The third-order valence-electron chi connectivity index (χ3n) is 2.19. The van der Waals surface area contributed by atoms with Gasteiger partial charge in [-0.3, -0.25) is 4.40 Å². The van der Waals surface area contributed by atoms with Crippen LogP contribution in [0.5, 0.6) is 0 Å². The van der Waals surface area contributed by atoms with Gasteiger partial charge in [-0.15, -0.1) is 0 Å². The monoisotopic (exact) mass is 226 g/mol. The van der Waals surface area contributed by atoms with Gasteiger partial charge in [0, 0.05) is 12.8 Å². The third kappa shape index (κ3) is 1.81. The molecule has 2 rings (SSSR count). The van der Waals surface area contributed by atoms with Crippen molar-refractivity contribution in [2.75, 3.05) is 6.61 Å². The van der Waals surface area contributed by atoms with Crippen molar-refractivity contribution >= 4 is 17.2 Å². The molecule has 3 N–H and O–H groups in total. The van der Waals surface area contributed by atoms with Crippen LogP contribution in [0.4, 0.5) is 0 Å². The summed E-state index contributed by atoms with van der Waals surface area (Å²) in [5, 5.41) is 9.25. The lowest BCUT2D eigenvalue weighted by molar-refractivity contribution is 0.276. The topological polar surface area (TPSA) is 76.4 Å². The van der Waals surface area contributed by atoms with Gasteiger partial charge in [0.15, 0.2) is 0 Å². The molecule has 5 nitrogen and oxygen atoms in total. The van der Waals surface area contributed by atoms with E-state index >= 15 is 0 Å². The third-order valence-corrected chi connectivity index (χ3v) is 2.56. The van der Waals surface area contributed by atoms with Crippen molar-refractivity contribution in [1.82, 2.24) is 14.4 Å². The first kappa shape index (κ1) is 10.4. The average molecular weight is 227 g/mol. The fourth-order valence-electron chi connectivity index (χ4n) is 1.40. The molecule has 2 heterocycles. The summed E-state index contributed by atoms with van der Waals surface area (Å²) in [4.78, 5) is 8.23. The van der Waals surface area contributed by atoms with Gasteiger partial charge >= 0.3 is 0 Å². The van der Waals surface area contributed by atoms with Crippen LogP contribution in [-0.2, 0) is 0 Å². The normalized spacial score (nSPS) is 13.3. The Kier molecular flexibility index (Phi) is 2.86. The van der Waals surface area contributed by atoms with Gasteiger partial charge in [-0.05, 0) is 12.5 Å². The lowest BCUT2D eigenvalue weighted by Gasteiger charge is -2.06. The standard InChI is InChI=1S/C9H11ClN4O/c10-9-8(6(11)2-4-15)13-7-1-3-12-5-14(7)9/h1,3,5-6,15H,2,4,11H2. The molecule has 0 aromatic carbocycles. The number of aromatic nitrogens is 3. The molecule has 2 aromatic heterocycles. The molecule has 0 spiro atoms. The van der Waals surface area contributed by atoms with E-state index in [1.807, 2.05) is 0 Å². The predicted molar refractivity (Wildman–Crippen MR) is 56.6 cm³/mol. The molecule has 15 heavy (non-hydrogen) atoms. The first-order valence-electron chi connectivity index (χ1n) is 4.58. The number of aliphatic hydroxyl groups is 1. The molecule has 0 saturated heterocycles. The van der Waals surface area contributed by atoms with E-state index in [1.165, 1.54) is 0 Å². The molecule has 0 aliphatic carbocycles. The lowest BCUT2D eigenvalue weighted by Crippen LogP contribution is -2.12. The quantitative estimate of drug-likeness (QED) is 0.811. The van der Waals surface area contributed by atoms with Gasteiger partial charge in [0.25, 0.3) is 0 Å². The minimum absolute atomic E-state index is 0.0175. The van der Waals surface area contributed by atoms with Crippen LogP contribution in [0.15, 0.2) is 18.6 Å². The lowest BCUT2D eigenvalue weighted by atomic mass is 10.2. The van der Waals surface area contributed by atoms with Crippen molar-refractivity contribution in [2.24, 2.45) is 5.73 Å². The van der Waals surface area contributed by atoms with E-state index in [9.17, 15) is 0 Å². The van der Waals surface area contributed by atoms with Crippen LogP contribution in [0.3, 0.4) is 0 Å². The van der Waals surface area contributed by atoms with Crippen molar-refractivity contribution in [2.45, 2.75) is 12.5 Å². The molecule has 0 aliphatic rings. The Hall–Kier alpha value is -1.17. The summed E-state index contributed by atoms with van der Waals surface area (Å²) in [6.07, 6.45) is 3.66. The summed E-state index contributed by atoms with van der Waals surface area (Å²) < 4.78 is 1.66. The summed E-state index contributed by atoms with van der Waals surface area (Å²) >= 11 is 6.09. The number of hydrogen-bond donors (Lipinski definition) is 2. The van der Waals surface area contributed by atoms with Crippen molar-refractivity contribution in [3.63, 3.8) is 0 Å². The zero-order valence-corrected chi connectivity index (χ0v) is 8.72. The smallest absolute Gasteiger partial charge is 0.141 e. The molecule has 0 radical (unpaired) electrons. The molecule has 0 saturated carbocycles. The Morgan fingerprint density at radius 3 is 3.07 bits per heavy atom. The first-order valence-corrected chi connectivity index (χ1v) is 4.95. The van der Waals surface area contributed by atoms with Crippen LogP contribution in [0.25, 0.3) is 5.65 Å². The van der Waals surface area contributed by atoms with E-state index < -0.39 is 0 Å². The Morgan fingerprint density at radius 2 is 2.40 bits per heavy atom. The minimum Gasteiger partial charge on any atom is -0.396 e. The number of aliphatic hydroxyl groups excluding tert-OH is 1. The Morgan fingerprint density at radius 1 is 1.60 bits per heavy atom. The van der Waals surface area contributed by atoms with Gasteiger partial charge in [-0.2, -0.15) is 0 Å². The number of rotatable bonds is 3. The number of imidazole rings is 1. The van der Waals surface area contributed by atoms with Gasteiger partial charge < -0.3 is 10.8 Å². The van der Waals surface area contributed by atoms with Crippen LogP contribution >= 0.6 is 11.6 Å². The van der Waals surface area contributed by atoms with Crippen molar-refractivity contribution < 1.29 is 5.11 Å². The van der Waals surface area contributed by atoms with Gasteiger partial charge in [-0.1, -0.05) is 11.6 Å². The summed E-state index contributed by atoms with van der Waals surface area (Å²) in [5.41, 5.74) is 7.13. The zero-order valence-electron chi connectivity index (χ0n) is 7.97. The van der Waals surface area contributed by atoms with Gasteiger partial charge in [0.1, 0.15) is 17.1 Å². The highest BCUT2D eigenvalue weighted by atomic mass is 35.5. The number of nitrogens with two attached hydrogens (primary N) is 1. The molecule has 0 amide bonds. The second-order valence-corrected chi connectivity index (χ2v) is 3.57. The number of halogens is 1. The van der Waals surface area contributed by atoms with Crippen molar-refractivity contribution in [1.29, 1.82) is 0 Å². The molecule has 0 aliphatic heterocycles. The van der Waals surface area contributed by atoms with Crippen LogP contribution < -0.4 is 5.73 Å². The number of fused-ring (bicyclic) bond motifs is 1. The molecule has 80 valence electrons. The maximum absolute atomic E-state index is 8.79. The maximum atomic E-state index is 8.79. The second kappa shape index (κ2) is 4.14. The van der Waals surface area contributed by atoms with Gasteiger partial charge in [0.2, 0.25) is 0 Å². The SMILES string of the molecule is NC(CCO)c1nc2ccncn2c1Cl. The fraction of sp³-hybridized carbons (Fsp3) is 0.333. The Labute approximate surface area is 91.5 Å². The van der Waals surface area contributed by atoms with E-state index in [0.717, 1.165) is 0 Å². The van der Waals surface area contributed by atoms with Crippen LogP contribution in [-0.4, -0.2) is 26.1 Å². The Balaban J connectivity index is 2.48. The summed E-state index contributed by atoms with van der Waals surface area (Å²) in [5.74, 6) is 0. The zero-order chi connectivity index (χ0) is 10.8. The van der Waals surface area contributed by atoms with E-state index in [-0.39, 0.29) is 12.6 Å². The Bertz CT molecular complexity index is 470. The van der Waals surface area contributed by atoms with Crippen LogP contribution in [0.2, 0.25) is 5.15 Å². The van der Waals surface area contributed by atoms with Gasteiger partial charge in [-0.25, -0.2) is 9.97 Å². The molecule has 1 atom stereocenters. The molecular weight excluding hydrogens is 216 g/mol. The highest BCUT2D eigenvalue weighted by Gasteiger charge is 2.16. The molecule has 0 bridgehead atoms. The fourth-order valence-corrected chi connectivity index (χ4v) is 1.71.